The van der Waals surface area contributed by atoms with Crippen LogP contribution in [0.15, 0.2) is 60.7 Å². The van der Waals surface area contributed by atoms with E-state index >= 15 is 0 Å². The maximum absolute atomic E-state index is 13.4. The smallest absolute Gasteiger partial charge is 0.297 e. The van der Waals surface area contributed by atoms with Gasteiger partial charge in [-0.3, -0.25) is 20.2 Å². The van der Waals surface area contributed by atoms with Crippen molar-refractivity contribution < 1.29 is 14.1 Å². The van der Waals surface area contributed by atoms with Gasteiger partial charge in [-0.2, -0.15) is 0 Å². The number of carbonyl (C=O) groups is 1. The van der Waals surface area contributed by atoms with Gasteiger partial charge in [0, 0.05) is 22.9 Å². The maximum atomic E-state index is 13.4. The van der Waals surface area contributed by atoms with Gasteiger partial charge in [0.15, 0.2) is 5.13 Å². The number of nitrogens with zero attached hydrogens (tertiary/aromatic N) is 2. The number of thiophene rings is 1. The Morgan fingerprint density at radius 2 is 1.71 bits per heavy atom. The zero-order valence-electron chi connectivity index (χ0n) is 18.8. The Morgan fingerprint density at radius 1 is 1.03 bits per heavy atom. The number of anilines is 1. The highest BCUT2D eigenvalue weighted by molar-refractivity contribution is 7.18. The average Bonchev–Trinajstić information content (AvgIpc) is 3.43. The molecule has 0 aliphatic rings. The molecule has 0 aliphatic heterocycles. The summed E-state index contributed by atoms with van der Waals surface area (Å²) in [6.45, 7) is 6.44. The fourth-order valence-electron chi connectivity index (χ4n) is 3.37. The third kappa shape index (κ3) is 5.37. The van der Waals surface area contributed by atoms with Crippen LogP contribution in [0.25, 0.3) is 11.3 Å². The molecule has 9 heteroatoms. The number of hydrogen-bond acceptors (Lipinski definition) is 6. The van der Waals surface area contributed by atoms with E-state index in [1.807, 2.05) is 12.1 Å². The standard InChI is InChI=1S/C25H22FN3O3S2/c1-25(2,3)17-8-6-16(7-9-17)22-20(14-15-4-10-18(26)11-5-15)34-24(27-22)28-23(30)19-12-13-21(33-19)29(31)32/h4-13H,14H2,1-3H3,(H,27,28,30). The van der Waals surface area contributed by atoms with Gasteiger partial charge in [0.25, 0.3) is 5.91 Å². The minimum absolute atomic E-state index is 0.0139. The predicted octanol–water partition coefficient (Wildman–Crippen LogP) is 7.06. The second kappa shape index (κ2) is 9.44. The molecular weight excluding hydrogens is 473 g/mol. The Balaban J connectivity index is 1.66. The Labute approximate surface area is 204 Å². The lowest BCUT2D eigenvalue weighted by Gasteiger charge is -2.19. The minimum Gasteiger partial charge on any atom is -0.297 e. The zero-order chi connectivity index (χ0) is 24.5. The molecule has 4 rings (SSSR count). The number of hydrogen-bond donors (Lipinski definition) is 1. The van der Waals surface area contributed by atoms with E-state index < -0.39 is 10.8 Å². The van der Waals surface area contributed by atoms with Crippen LogP contribution in [0.5, 0.6) is 0 Å². The minimum atomic E-state index is -0.523. The quantitative estimate of drug-likeness (QED) is 0.229. The molecule has 0 saturated carbocycles. The highest BCUT2D eigenvalue weighted by Gasteiger charge is 2.20. The van der Waals surface area contributed by atoms with Crippen LogP contribution in [-0.4, -0.2) is 15.8 Å². The van der Waals surface area contributed by atoms with Crippen molar-refractivity contribution in [1.82, 2.24) is 4.98 Å². The molecule has 0 spiro atoms. The van der Waals surface area contributed by atoms with Crippen molar-refractivity contribution in [1.29, 1.82) is 0 Å². The van der Waals surface area contributed by atoms with Gasteiger partial charge in [0.2, 0.25) is 0 Å². The van der Waals surface area contributed by atoms with Gasteiger partial charge >= 0.3 is 5.00 Å². The van der Waals surface area contributed by atoms with Crippen LogP contribution in [-0.2, 0) is 11.8 Å². The molecule has 0 radical (unpaired) electrons. The molecule has 0 bridgehead atoms. The van der Waals surface area contributed by atoms with Crippen LogP contribution in [0.1, 0.15) is 46.4 Å². The number of amides is 1. The molecule has 0 aliphatic carbocycles. The molecule has 4 aromatic rings. The number of rotatable bonds is 6. The fourth-order valence-corrected chi connectivity index (χ4v) is 5.10. The number of aromatic nitrogens is 1. The lowest BCUT2D eigenvalue weighted by Crippen LogP contribution is -2.10. The van der Waals surface area contributed by atoms with E-state index in [9.17, 15) is 19.3 Å². The SMILES string of the molecule is CC(C)(C)c1ccc(-c2nc(NC(=O)c3ccc([N+](=O)[O-])s3)sc2Cc2ccc(F)cc2)cc1. The molecule has 0 atom stereocenters. The van der Waals surface area contributed by atoms with Crippen LogP contribution in [0, 0.1) is 15.9 Å². The highest BCUT2D eigenvalue weighted by Crippen LogP contribution is 2.35. The summed E-state index contributed by atoms with van der Waals surface area (Å²) in [6, 6.07) is 17.2. The third-order valence-electron chi connectivity index (χ3n) is 5.22. The highest BCUT2D eigenvalue weighted by atomic mass is 32.1. The van der Waals surface area contributed by atoms with E-state index in [1.54, 1.807) is 12.1 Å². The topological polar surface area (TPSA) is 85.1 Å². The van der Waals surface area contributed by atoms with Crippen LogP contribution in [0.2, 0.25) is 0 Å². The van der Waals surface area contributed by atoms with E-state index in [-0.39, 0.29) is 21.1 Å². The first-order valence-electron chi connectivity index (χ1n) is 10.5. The lowest BCUT2D eigenvalue weighted by molar-refractivity contribution is -0.380. The Kier molecular flexibility index (Phi) is 6.58. The summed E-state index contributed by atoms with van der Waals surface area (Å²) >= 11 is 2.15. The summed E-state index contributed by atoms with van der Waals surface area (Å²) in [5, 5.41) is 14.0. The van der Waals surface area contributed by atoms with Crippen LogP contribution < -0.4 is 5.32 Å². The number of halogens is 1. The molecule has 6 nitrogen and oxygen atoms in total. The molecule has 2 heterocycles. The monoisotopic (exact) mass is 495 g/mol. The van der Waals surface area contributed by atoms with Gasteiger partial charge in [0.05, 0.1) is 15.5 Å². The van der Waals surface area contributed by atoms with Crippen molar-refractivity contribution in [2.75, 3.05) is 5.32 Å². The molecule has 0 unspecified atom stereocenters. The van der Waals surface area contributed by atoms with Crippen molar-refractivity contribution in [3.63, 3.8) is 0 Å². The second-order valence-corrected chi connectivity index (χ2v) is 10.9. The normalized spacial score (nSPS) is 11.4. The van der Waals surface area contributed by atoms with Crippen molar-refractivity contribution in [2.24, 2.45) is 0 Å². The largest absolute Gasteiger partial charge is 0.324 e. The molecule has 174 valence electrons. The van der Waals surface area contributed by atoms with Gasteiger partial charge in [-0.15, -0.1) is 11.3 Å². The van der Waals surface area contributed by atoms with Crippen molar-refractivity contribution >= 4 is 38.7 Å². The van der Waals surface area contributed by atoms with Crippen LogP contribution in [0.3, 0.4) is 0 Å². The first-order valence-corrected chi connectivity index (χ1v) is 12.1. The Bertz CT molecular complexity index is 1340. The van der Waals surface area contributed by atoms with Gasteiger partial charge in [-0.05, 0) is 34.7 Å². The summed E-state index contributed by atoms with van der Waals surface area (Å²) < 4.78 is 13.4. The van der Waals surface area contributed by atoms with Crippen molar-refractivity contribution in [3.05, 3.63) is 97.5 Å². The number of nitro groups is 1. The number of nitrogens with one attached hydrogen (secondary N) is 1. The van der Waals surface area contributed by atoms with E-state index in [1.165, 1.54) is 41.2 Å². The van der Waals surface area contributed by atoms with Gasteiger partial charge < -0.3 is 0 Å². The molecular formula is C25H22FN3O3S2. The fraction of sp³-hybridized carbons (Fsp3) is 0.200. The number of benzene rings is 2. The van der Waals surface area contributed by atoms with Crippen molar-refractivity contribution in [2.45, 2.75) is 32.6 Å². The van der Waals surface area contributed by atoms with Gasteiger partial charge in [0.1, 0.15) is 5.82 Å². The van der Waals surface area contributed by atoms with Gasteiger partial charge in [-0.1, -0.05) is 68.5 Å². The van der Waals surface area contributed by atoms with E-state index in [0.29, 0.717) is 11.6 Å². The molecule has 2 aromatic carbocycles. The van der Waals surface area contributed by atoms with E-state index in [4.69, 9.17) is 0 Å². The predicted molar refractivity (Wildman–Crippen MR) is 134 cm³/mol. The number of carbonyl (C=O) groups excluding carboxylic acids is 1. The van der Waals surface area contributed by atoms with Gasteiger partial charge in [-0.25, -0.2) is 9.37 Å². The van der Waals surface area contributed by atoms with Crippen molar-refractivity contribution in [3.8, 4) is 11.3 Å². The molecule has 0 saturated heterocycles. The summed E-state index contributed by atoms with van der Waals surface area (Å²) in [5.41, 5.74) is 3.78. The van der Waals surface area contributed by atoms with Crippen LogP contribution in [0.4, 0.5) is 14.5 Å². The van der Waals surface area contributed by atoms with Crippen LogP contribution >= 0.6 is 22.7 Å². The zero-order valence-corrected chi connectivity index (χ0v) is 20.4. The maximum Gasteiger partial charge on any atom is 0.324 e. The Hall–Kier alpha value is -3.43. The van der Waals surface area contributed by atoms with E-state index in [2.05, 4.69) is 43.2 Å². The first-order chi connectivity index (χ1) is 16.1. The van der Waals surface area contributed by atoms with E-state index in [0.717, 1.165) is 33.0 Å². The summed E-state index contributed by atoms with van der Waals surface area (Å²) in [6.07, 6.45) is 0.522. The third-order valence-corrected chi connectivity index (χ3v) is 7.22. The summed E-state index contributed by atoms with van der Waals surface area (Å²) in [4.78, 5) is 28.9. The molecule has 0 fully saturated rings. The molecule has 2 aromatic heterocycles. The second-order valence-electron chi connectivity index (χ2n) is 8.77. The molecule has 1 N–H and O–H groups in total. The Morgan fingerprint density at radius 3 is 2.29 bits per heavy atom. The average molecular weight is 496 g/mol. The molecule has 34 heavy (non-hydrogen) atoms. The molecule has 1 amide bonds. The number of thiazole rings is 1. The lowest BCUT2D eigenvalue weighted by atomic mass is 9.86. The summed E-state index contributed by atoms with van der Waals surface area (Å²) in [7, 11) is 0. The first kappa shape index (κ1) is 23.7. The summed E-state index contributed by atoms with van der Waals surface area (Å²) in [5.74, 6) is -0.751.